The Morgan fingerprint density at radius 1 is 1.26 bits per heavy atom. The van der Waals surface area contributed by atoms with Gasteiger partial charge in [0.2, 0.25) is 10.0 Å². The molecule has 34 heavy (non-hydrogen) atoms. The van der Waals surface area contributed by atoms with E-state index in [1.807, 2.05) is 11.0 Å². The van der Waals surface area contributed by atoms with Gasteiger partial charge >= 0.3 is 12.0 Å². The van der Waals surface area contributed by atoms with E-state index in [4.69, 9.17) is 4.74 Å². The summed E-state index contributed by atoms with van der Waals surface area (Å²) in [6.07, 6.45) is 3.56. The third-order valence-electron chi connectivity index (χ3n) is 5.92. The van der Waals surface area contributed by atoms with Crippen molar-refractivity contribution in [3.05, 3.63) is 24.2 Å². The van der Waals surface area contributed by atoms with Gasteiger partial charge in [-0.2, -0.15) is 9.98 Å². The van der Waals surface area contributed by atoms with Gasteiger partial charge < -0.3 is 19.4 Å². The van der Waals surface area contributed by atoms with Gasteiger partial charge in [-0.3, -0.25) is 4.40 Å². The second-order valence-electron chi connectivity index (χ2n) is 8.57. The first-order valence-corrected chi connectivity index (χ1v) is 12.4. The minimum absolute atomic E-state index is 0.0909. The normalized spacial score (nSPS) is 17.4. The number of ether oxygens (including phenoxy) is 1. The summed E-state index contributed by atoms with van der Waals surface area (Å²) in [5.41, 5.74) is -0.0867. The van der Waals surface area contributed by atoms with Crippen molar-refractivity contribution in [3.63, 3.8) is 0 Å². The van der Waals surface area contributed by atoms with Crippen LogP contribution in [0.2, 0.25) is 0 Å². The average molecular weight is 490 g/mol. The molecule has 2 amide bonds. The molecule has 13 heteroatoms. The van der Waals surface area contributed by atoms with Crippen LogP contribution >= 0.6 is 0 Å². The number of anilines is 1. The number of esters is 1. The number of nitrogens with one attached hydrogen (secondary N) is 1. The van der Waals surface area contributed by atoms with Gasteiger partial charge in [-0.25, -0.2) is 23.0 Å². The summed E-state index contributed by atoms with van der Waals surface area (Å²) in [4.78, 5) is 34.2. The Bertz CT molecular complexity index is 1270. The molecule has 1 saturated heterocycles. The number of sulfonamides is 1. The topological polar surface area (TPSA) is 140 Å². The number of aromatic nitrogens is 2. The lowest BCUT2D eigenvalue weighted by Crippen LogP contribution is -2.51. The smallest absolute Gasteiger partial charge is 0.356 e. The summed E-state index contributed by atoms with van der Waals surface area (Å²) < 4.78 is 35.4. The highest BCUT2D eigenvalue weighted by Crippen LogP contribution is 2.36. The van der Waals surface area contributed by atoms with Gasteiger partial charge in [-0.15, -0.1) is 0 Å². The number of urea groups is 1. The van der Waals surface area contributed by atoms with Crippen LogP contribution in [0.25, 0.3) is 5.65 Å². The van der Waals surface area contributed by atoms with Crippen molar-refractivity contribution in [2.75, 3.05) is 51.8 Å². The molecule has 1 saturated carbocycles. The molecule has 0 aromatic carbocycles. The lowest BCUT2D eigenvalue weighted by Gasteiger charge is -2.37. The summed E-state index contributed by atoms with van der Waals surface area (Å²) in [5, 5.41) is 9.35. The minimum Gasteiger partial charge on any atom is -0.461 e. The fraction of sp³-hybridized carbons (Fsp3) is 0.524. The highest BCUT2D eigenvalue weighted by atomic mass is 32.2. The number of hydrogen-bond donors (Lipinski definition) is 1. The van der Waals surface area contributed by atoms with Crippen LogP contribution in [0.15, 0.2) is 23.4 Å². The minimum atomic E-state index is -4.06. The van der Waals surface area contributed by atoms with Gasteiger partial charge in [0.05, 0.1) is 24.6 Å². The van der Waals surface area contributed by atoms with E-state index in [0.29, 0.717) is 50.4 Å². The fourth-order valence-electron chi connectivity index (χ4n) is 3.88. The number of nitriles is 1. The molecule has 2 aromatic heterocycles. The summed E-state index contributed by atoms with van der Waals surface area (Å²) in [5.74, 6) is -0.624. The number of piperazine rings is 1. The molecular weight excluding hydrogens is 462 g/mol. The number of pyridine rings is 1. The molecule has 2 aliphatic rings. The van der Waals surface area contributed by atoms with Crippen molar-refractivity contribution in [3.8, 4) is 6.07 Å². The van der Waals surface area contributed by atoms with E-state index in [1.165, 1.54) is 27.8 Å². The van der Waals surface area contributed by atoms with Crippen LogP contribution in [0.5, 0.6) is 0 Å². The van der Waals surface area contributed by atoms with Gasteiger partial charge in [0.1, 0.15) is 10.4 Å². The van der Waals surface area contributed by atoms with Crippen molar-refractivity contribution in [1.82, 2.24) is 23.9 Å². The highest BCUT2D eigenvalue weighted by molar-refractivity contribution is 7.89. The first kappa shape index (κ1) is 23.8. The first-order valence-electron chi connectivity index (χ1n) is 11.0. The van der Waals surface area contributed by atoms with Crippen LogP contribution in [0.1, 0.15) is 30.3 Å². The van der Waals surface area contributed by atoms with Crippen LogP contribution in [0.3, 0.4) is 0 Å². The quantitative estimate of drug-likeness (QED) is 0.583. The maximum atomic E-state index is 13.2. The monoisotopic (exact) mass is 489 g/mol. The molecule has 12 nitrogen and oxygen atoms in total. The maximum Gasteiger partial charge on any atom is 0.356 e. The van der Waals surface area contributed by atoms with E-state index in [2.05, 4.69) is 9.71 Å². The van der Waals surface area contributed by atoms with Crippen LogP contribution in [0.4, 0.5) is 10.5 Å². The summed E-state index contributed by atoms with van der Waals surface area (Å²) in [6.45, 7) is 3.64. The summed E-state index contributed by atoms with van der Waals surface area (Å²) >= 11 is 0. The molecule has 3 heterocycles. The van der Waals surface area contributed by atoms with Crippen molar-refractivity contribution < 1.29 is 22.7 Å². The largest absolute Gasteiger partial charge is 0.461 e. The van der Waals surface area contributed by atoms with Gasteiger partial charge in [-0.05, 0) is 25.8 Å². The van der Waals surface area contributed by atoms with Crippen molar-refractivity contribution in [1.29, 1.82) is 5.26 Å². The van der Waals surface area contributed by atoms with Crippen molar-refractivity contribution >= 4 is 33.4 Å². The number of carbonyl (C=O) groups excluding carboxylic acids is 2. The lowest BCUT2D eigenvalue weighted by molar-refractivity contribution is 0.0518. The van der Waals surface area contributed by atoms with Crippen LogP contribution in [0, 0.1) is 11.3 Å². The van der Waals surface area contributed by atoms with E-state index in [0.717, 1.165) is 0 Å². The van der Waals surface area contributed by atoms with E-state index in [1.54, 1.807) is 25.9 Å². The lowest BCUT2D eigenvalue weighted by atomic mass is 10.2. The average Bonchev–Trinajstić information content (AvgIpc) is 3.44. The van der Waals surface area contributed by atoms with Crippen LogP contribution in [-0.2, 0) is 14.8 Å². The maximum absolute atomic E-state index is 13.2. The van der Waals surface area contributed by atoms with Crippen molar-refractivity contribution in [2.45, 2.75) is 30.2 Å². The number of carbonyl (C=O) groups is 2. The van der Waals surface area contributed by atoms with Gasteiger partial charge in [-0.1, -0.05) is 0 Å². The molecule has 0 bridgehead atoms. The molecule has 0 atom stereocenters. The van der Waals surface area contributed by atoms with Crippen LogP contribution in [-0.4, -0.2) is 92.0 Å². The zero-order valence-corrected chi connectivity index (χ0v) is 20.1. The number of imidazole rings is 1. The van der Waals surface area contributed by atoms with E-state index in [9.17, 15) is 23.3 Å². The third kappa shape index (κ3) is 4.38. The standard InChI is InChI=1S/C21H27N7O5S/c1-4-33-19(29)17-12-23-18-16(26-7-9-27(10-8-26)20(30)25(2)3)11-15(13-28(17)18)34(31,32)24-21(14-22)5-6-21/h11-13,24H,4-10H2,1-3H3. The molecular formula is C21H27N7O5S. The van der Waals surface area contributed by atoms with E-state index >= 15 is 0 Å². The van der Waals surface area contributed by atoms with Gasteiger partial charge in [0, 0.05) is 46.5 Å². The molecule has 0 radical (unpaired) electrons. The number of nitrogens with zero attached hydrogens (tertiary/aromatic N) is 6. The Kier molecular flexibility index (Phi) is 6.13. The second-order valence-corrected chi connectivity index (χ2v) is 10.3. The Balaban J connectivity index is 1.74. The highest BCUT2D eigenvalue weighted by Gasteiger charge is 2.47. The summed E-state index contributed by atoms with van der Waals surface area (Å²) in [7, 11) is -0.681. The Morgan fingerprint density at radius 3 is 2.50 bits per heavy atom. The molecule has 182 valence electrons. The van der Waals surface area contributed by atoms with Crippen molar-refractivity contribution in [2.24, 2.45) is 0 Å². The molecule has 1 aliphatic heterocycles. The number of amides is 2. The molecule has 0 spiro atoms. The predicted molar refractivity (Wildman–Crippen MR) is 122 cm³/mol. The van der Waals surface area contributed by atoms with Gasteiger partial charge in [0.25, 0.3) is 0 Å². The fourth-order valence-corrected chi connectivity index (χ4v) is 5.27. The Morgan fingerprint density at radius 2 is 1.94 bits per heavy atom. The van der Waals surface area contributed by atoms with E-state index < -0.39 is 21.5 Å². The third-order valence-corrected chi connectivity index (χ3v) is 7.43. The first-order chi connectivity index (χ1) is 16.1. The molecule has 2 fully saturated rings. The van der Waals surface area contributed by atoms with E-state index in [-0.39, 0.29) is 23.2 Å². The number of fused-ring (bicyclic) bond motifs is 1. The molecule has 2 aromatic rings. The van der Waals surface area contributed by atoms with Crippen LogP contribution < -0.4 is 9.62 Å². The van der Waals surface area contributed by atoms with Gasteiger partial charge in [0.15, 0.2) is 11.3 Å². The number of hydrogen-bond acceptors (Lipinski definition) is 8. The molecule has 1 aliphatic carbocycles. The predicted octanol–water partition coefficient (Wildman–Crippen LogP) is 0.649. The number of rotatable bonds is 6. The molecule has 4 rings (SSSR count). The zero-order chi connectivity index (χ0) is 24.7. The SMILES string of the molecule is CCOC(=O)c1cnc2c(N3CCN(C(=O)N(C)C)CC3)cc(S(=O)(=O)NC3(C#N)CC3)cn12. The Hall–Kier alpha value is -3.37. The molecule has 1 N–H and O–H groups in total. The second kappa shape index (κ2) is 8.77. The molecule has 0 unspecified atom stereocenters. The summed E-state index contributed by atoms with van der Waals surface area (Å²) in [6, 6.07) is 3.43. The Labute approximate surface area is 197 Å². The zero-order valence-electron chi connectivity index (χ0n) is 19.3.